The zero-order valence-corrected chi connectivity index (χ0v) is 11.3. The van der Waals surface area contributed by atoms with Gasteiger partial charge >= 0.3 is 5.97 Å². The van der Waals surface area contributed by atoms with Crippen LogP contribution in [0.2, 0.25) is 0 Å². The summed E-state index contributed by atoms with van der Waals surface area (Å²) in [6.07, 6.45) is 0.138. The summed E-state index contributed by atoms with van der Waals surface area (Å²) < 4.78 is 0. The van der Waals surface area contributed by atoms with Crippen LogP contribution in [-0.4, -0.2) is 35.5 Å². The molecule has 1 aromatic rings. The van der Waals surface area contributed by atoms with Gasteiger partial charge in [-0.1, -0.05) is 18.2 Å². The van der Waals surface area contributed by atoms with Gasteiger partial charge in [0.2, 0.25) is 11.8 Å². The van der Waals surface area contributed by atoms with Gasteiger partial charge in [0.05, 0.1) is 12.3 Å². The van der Waals surface area contributed by atoms with Gasteiger partial charge in [-0.3, -0.25) is 9.59 Å². The normalized spacial score (nSPS) is 18.0. The molecular formula is C14H17N3O4. The predicted octanol–water partition coefficient (Wildman–Crippen LogP) is 0.0306. The van der Waals surface area contributed by atoms with E-state index in [2.05, 4.69) is 10.6 Å². The maximum absolute atomic E-state index is 12.3. The van der Waals surface area contributed by atoms with Crippen LogP contribution in [0.5, 0.6) is 0 Å². The predicted molar refractivity (Wildman–Crippen MR) is 75.7 cm³/mol. The third kappa shape index (κ3) is 3.50. The summed E-state index contributed by atoms with van der Waals surface area (Å²) in [5.41, 5.74) is 6.69. The maximum Gasteiger partial charge on any atom is 0.326 e. The van der Waals surface area contributed by atoms with Gasteiger partial charge in [-0.05, 0) is 18.1 Å². The lowest BCUT2D eigenvalue weighted by Crippen LogP contribution is -2.45. The molecule has 0 saturated heterocycles. The SMILES string of the molecule is NC(=O)C[C@@H](NC(=O)C1CCNc2ccccc21)C(=O)O. The fourth-order valence-corrected chi connectivity index (χ4v) is 2.41. The van der Waals surface area contributed by atoms with Crippen molar-refractivity contribution in [3.05, 3.63) is 29.8 Å². The van der Waals surface area contributed by atoms with E-state index in [0.29, 0.717) is 13.0 Å². The Hall–Kier alpha value is -2.57. The monoisotopic (exact) mass is 291 g/mol. The zero-order chi connectivity index (χ0) is 15.4. The molecule has 0 saturated carbocycles. The third-order valence-electron chi connectivity index (χ3n) is 3.42. The summed E-state index contributed by atoms with van der Waals surface area (Å²) in [5.74, 6) is -2.88. The number of hydrogen-bond donors (Lipinski definition) is 4. The first-order valence-electron chi connectivity index (χ1n) is 6.63. The van der Waals surface area contributed by atoms with E-state index in [1.54, 1.807) is 0 Å². The molecule has 7 heteroatoms. The van der Waals surface area contributed by atoms with E-state index in [4.69, 9.17) is 10.8 Å². The average Bonchev–Trinajstić information content (AvgIpc) is 2.45. The number of nitrogens with one attached hydrogen (secondary N) is 2. The third-order valence-corrected chi connectivity index (χ3v) is 3.42. The molecule has 1 heterocycles. The van der Waals surface area contributed by atoms with Crippen molar-refractivity contribution >= 4 is 23.5 Å². The Morgan fingerprint density at radius 3 is 2.76 bits per heavy atom. The zero-order valence-electron chi connectivity index (χ0n) is 11.3. The second kappa shape index (κ2) is 6.25. The van der Waals surface area contributed by atoms with Gasteiger partial charge < -0.3 is 21.5 Å². The van der Waals surface area contributed by atoms with Crippen molar-refractivity contribution in [1.82, 2.24) is 5.32 Å². The van der Waals surface area contributed by atoms with Crippen molar-refractivity contribution in [2.45, 2.75) is 24.8 Å². The fraction of sp³-hybridized carbons (Fsp3) is 0.357. The molecule has 5 N–H and O–H groups in total. The molecule has 0 aliphatic carbocycles. The quantitative estimate of drug-likeness (QED) is 0.610. The number of hydrogen-bond acceptors (Lipinski definition) is 4. The highest BCUT2D eigenvalue weighted by Gasteiger charge is 2.30. The van der Waals surface area contributed by atoms with E-state index in [-0.39, 0.29) is 0 Å². The Balaban J connectivity index is 2.13. The molecule has 21 heavy (non-hydrogen) atoms. The Labute approximate surface area is 121 Å². The number of aliphatic carboxylic acids is 1. The van der Waals surface area contributed by atoms with Gasteiger partial charge in [0.1, 0.15) is 6.04 Å². The summed E-state index contributed by atoms with van der Waals surface area (Å²) in [4.78, 5) is 34.2. The van der Waals surface area contributed by atoms with Gasteiger partial charge in [-0.2, -0.15) is 0 Å². The second-order valence-corrected chi connectivity index (χ2v) is 4.93. The second-order valence-electron chi connectivity index (χ2n) is 4.93. The highest BCUT2D eigenvalue weighted by molar-refractivity contribution is 5.92. The number of carbonyl (C=O) groups is 3. The number of amides is 2. The number of carboxylic acid groups (broad SMARTS) is 1. The van der Waals surface area contributed by atoms with E-state index >= 15 is 0 Å². The maximum atomic E-state index is 12.3. The van der Waals surface area contributed by atoms with Crippen molar-refractivity contribution in [2.24, 2.45) is 5.73 Å². The van der Waals surface area contributed by atoms with Crippen molar-refractivity contribution in [3.8, 4) is 0 Å². The Morgan fingerprint density at radius 2 is 2.10 bits per heavy atom. The summed E-state index contributed by atoms with van der Waals surface area (Å²) in [6, 6.07) is 6.09. The van der Waals surface area contributed by atoms with E-state index in [0.717, 1.165) is 11.3 Å². The lowest BCUT2D eigenvalue weighted by Gasteiger charge is -2.26. The highest BCUT2D eigenvalue weighted by Crippen LogP contribution is 2.31. The highest BCUT2D eigenvalue weighted by atomic mass is 16.4. The largest absolute Gasteiger partial charge is 0.480 e. The summed E-state index contributed by atoms with van der Waals surface area (Å²) in [5, 5.41) is 14.6. The van der Waals surface area contributed by atoms with Crippen LogP contribution in [0.4, 0.5) is 5.69 Å². The molecular weight excluding hydrogens is 274 g/mol. The summed E-state index contributed by atoms with van der Waals surface area (Å²) in [7, 11) is 0. The molecule has 2 amide bonds. The molecule has 0 radical (unpaired) electrons. The van der Waals surface area contributed by atoms with Crippen LogP contribution in [0.25, 0.3) is 0 Å². The summed E-state index contributed by atoms with van der Waals surface area (Å²) in [6.45, 7) is 0.628. The van der Waals surface area contributed by atoms with Gasteiger partial charge in [-0.15, -0.1) is 0 Å². The van der Waals surface area contributed by atoms with Crippen LogP contribution >= 0.6 is 0 Å². The standard InChI is InChI=1S/C14H17N3O4/c15-12(18)7-11(14(20)21)17-13(19)9-5-6-16-10-4-2-1-3-8(9)10/h1-4,9,11,16H,5-7H2,(H2,15,18)(H,17,19)(H,20,21)/t9?,11-/m1/s1. The molecule has 2 rings (SSSR count). The van der Waals surface area contributed by atoms with Crippen molar-refractivity contribution in [3.63, 3.8) is 0 Å². The van der Waals surface area contributed by atoms with Gasteiger partial charge in [0, 0.05) is 12.2 Å². The first-order valence-corrected chi connectivity index (χ1v) is 6.63. The molecule has 1 aliphatic heterocycles. The van der Waals surface area contributed by atoms with E-state index in [9.17, 15) is 14.4 Å². The number of fused-ring (bicyclic) bond motifs is 1. The number of anilines is 1. The van der Waals surface area contributed by atoms with Gasteiger partial charge in [0.25, 0.3) is 0 Å². The summed E-state index contributed by atoms with van der Waals surface area (Å²) >= 11 is 0. The molecule has 0 bridgehead atoms. The van der Waals surface area contributed by atoms with Crippen LogP contribution in [0, 0.1) is 0 Å². The minimum atomic E-state index is -1.29. The molecule has 1 unspecified atom stereocenters. The van der Waals surface area contributed by atoms with Crippen molar-refractivity contribution in [2.75, 3.05) is 11.9 Å². The average molecular weight is 291 g/mol. The van der Waals surface area contributed by atoms with E-state index in [1.165, 1.54) is 0 Å². The topological polar surface area (TPSA) is 122 Å². The Morgan fingerprint density at radius 1 is 1.38 bits per heavy atom. The number of nitrogens with two attached hydrogens (primary N) is 1. The molecule has 1 aliphatic rings. The van der Waals surface area contributed by atoms with E-state index in [1.807, 2.05) is 24.3 Å². The van der Waals surface area contributed by atoms with E-state index < -0.39 is 36.2 Å². The number of carbonyl (C=O) groups excluding carboxylic acids is 2. The molecule has 0 spiro atoms. The lowest BCUT2D eigenvalue weighted by molar-refractivity contribution is -0.143. The molecule has 0 fully saturated rings. The van der Waals surface area contributed by atoms with Gasteiger partial charge in [-0.25, -0.2) is 4.79 Å². The van der Waals surface area contributed by atoms with Crippen LogP contribution in [0.15, 0.2) is 24.3 Å². The van der Waals surface area contributed by atoms with Crippen LogP contribution in [0.1, 0.15) is 24.3 Å². The number of rotatable bonds is 5. The fourth-order valence-electron chi connectivity index (χ4n) is 2.41. The van der Waals surface area contributed by atoms with Gasteiger partial charge in [0.15, 0.2) is 0 Å². The number of para-hydroxylation sites is 1. The Kier molecular flexibility index (Phi) is 4.42. The van der Waals surface area contributed by atoms with Crippen LogP contribution < -0.4 is 16.4 Å². The first kappa shape index (κ1) is 14.8. The number of benzene rings is 1. The number of primary amides is 1. The van der Waals surface area contributed by atoms with Crippen molar-refractivity contribution < 1.29 is 19.5 Å². The minimum Gasteiger partial charge on any atom is -0.480 e. The van der Waals surface area contributed by atoms with Crippen molar-refractivity contribution in [1.29, 1.82) is 0 Å². The van der Waals surface area contributed by atoms with Crippen LogP contribution in [-0.2, 0) is 14.4 Å². The molecule has 1 aromatic carbocycles. The smallest absolute Gasteiger partial charge is 0.326 e. The molecule has 7 nitrogen and oxygen atoms in total. The number of carboxylic acids is 1. The first-order chi connectivity index (χ1) is 9.99. The Bertz CT molecular complexity index is 573. The molecule has 0 aromatic heterocycles. The minimum absolute atomic E-state index is 0.405. The molecule has 2 atom stereocenters. The molecule has 112 valence electrons. The van der Waals surface area contributed by atoms with Crippen LogP contribution in [0.3, 0.4) is 0 Å². The lowest BCUT2D eigenvalue weighted by atomic mass is 9.90.